The van der Waals surface area contributed by atoms with Gasteiger partial charge < -0.3 is 4.90 Å². The average molecular weight is 355 g/mol. The van der Waals surface area contributed by atoms with Crippen LogP contribution in [0.4, 0.5) is 18.9 Å². The maximum atomic E-state index is 12.4. The number of alkyl halides is 3. The summed E-state index contributed by atoms with van der Waals surface area (Å²) >= 11 is 0. The van der Waals surface area contributed by atoms with Gasteiger partial charge in [0.1, 0.15) is 6.54 Å². The predicted octanol–water partition coefficient (Wildman–Crippen LogP) is 1.43. The number of carbonyl (C=O) groups excluding carboxylic acids is 2. The number of aromatic nitrogens is 2. The molecule has 0 aliphatic rings. The van der Waals surface area contributed by atoms with Gasteiger partial charge in [0.05, 0.1) is 0 Å². The lowest BCUT2D eigenvalue weighted by molar-refractivity contribution is -0.141. The van der Waals surface area contributed by atoms with Gasteiger partial charge in [-0.3, -0.25) is 25.1 Å². The zero-order chi connectivity index (χ0) is 18.6. The molecule has 0 spiro atoms. The second kappa shape index (κ2) is 7.24. The summed E-state index contributed by atoms with van der Waals surface area (Å²) in [6.45, 7) is -0.464. The van der Waals surface area contributed by atoms with Crippen LogP contribution in [0.1, 0.15) is 16.1 Å². The maximum absolute atomic E-state index is 12.4. The van der Waals surface area contributed by atoms with E-state index in [-0.39, 0.29) is 0 Å². The van der Waals surface area contributed by atoms with E-state index >= 15 is 0 Å². The van der Waals surface area contributed by atoms with Gasteiger partial charge in [0.25, 0.3) is 11.8 Å². The van der Waals surface area contributed by atoms with Crippen LogP contribution >= 0.6 is 0 Å². The van der Waals surface area contributed by atoms with Crippen molar-refractivity contribution in [3.05, 3.63) is 47.8 Å². The average Bonchev–Trinajstić information content (AvgIpc) is 3.01. The lowest BCUT2D eigenvalue weighted by atomic mass is 10.2. The van der Waals surface area contributed by atoms with Crippen LogP contribution in [0.15, 0.2) is 36.5 Å². The van der Waals surface area contributed by atoms with E-state index in [0.717, 1.165) is 22.6 Å². The Labute approximate surface area is 141 Å². The van der Waals surface area contributed by atoms with Gasteiger partial charge in [-0.1, -0.05) is 6.07 Å². The Morgan fingerprint density at radius 1 is 1.20 bits per heavy atom. The van der Waals surface area contributed by atoms with Gasteiger partial charge in [-0.2, -0.15) is 18.3 Å². The highest BCUT2D eigenvalue weighted by Crippen LogP contribution is 2.27. The van der Waals surface area contributed by atoms with E-state index < -0.39 is 30.2 Å². The van der Waals surface area contributed by atoms with Crippen LogP contribution < -0.4 is 15.8 Å². The van der Waals surface area contributed by atoms with Crippen molar-refractivity contribution in [1.82, 2.24) is 20.6 Å². The third-order valence-corrected chi connectivity index (χ3v) is 3.18. The lowest BCUT2D eigenvalue weighted by Crippen LogP contribution is -2.43. The molecule has 134 valence electrons. The van der Waals surface area contributed by atoms with E-state index in [2.05, 4.69) is 16.0 Å². The lowest BCUT2D eigenvalue weighted by Gasteiger charge is -2.13. The summed E-state index contributed by atoms with van der Waals surface area (Å²) in [7, 11) is 3.64. The first-order valence-corrected chi connectivity index (χ1v) is 7.14. The summed E-state index contributed by atoms with van der Waals surface area (Å²) in [5.41, 5.74) is 4.37. The molecule has 0 radical (unpaired) electrons. The van der Waals surface area contributed by atoms with E-state index in [1.165, 1.54) is 0 Å². The SMILES string of the molecule is CN(C)c1cccc(C(=O)NNC(=O)Cn2ccc(C(F)(F)F)n2)c1. The smallest absolute Gasteiger partial charge is 0.378 e. The molecular weight excluding hydrogens is 339 g/mol. The molecule has 0 saturated heterocycles. The van der Waals surface area contributed by atoms with Crippen LogP contribution in [0.3, 0.4) is 0 Å². The first-order chi connectivity index (χ1) is 11.7. The highest BCUT2D eigenvalue weighted by Gasteiger charge is 2.33. The Balaban J connectivity index is 1.90. The number of hydrogen-bond acceptors (Lipinski definition) is 4. The first-order valence-electron chi connectivity index (χ1n) is 7.14. The van der Waals surface area contributed by atoms with E-state index in [0.29, 0.717) is 5.56 Å². The van der Waals surface area contributed by atoms with Crippen LogP contribution in [-0.2, 0) is 17.5 Å². The summed E-state index contributed by atoms with van der Waals surface area (Å²) in [5, 5.41) is 3.25. The number of nitrogens with one attached hydrogen (secondary N) is 2. The van der Waals surface area contributed by atoms with Crippen molar-refractivity contribution in [3.8, 4) is 0 Å². The molecule has 1 heterocycles. The van der Waals surface area contributed by atoms with Crippen molar-refractivity contribution in [2.24, 2.45) is 0 Å². The molecule has 0 bridgehead atoms. The molecule has 2 rings (SSSR count). The highest BCUT2D eigenvalue weighted by molar-refractivity contribution is 5.96. The molecule has 1 aromatic heterocycles. The second-order valence-electron chi connectivity index (χ2n) is 5.34. The minimum atomic E-state index is -4.58. The van der Waals surface area contributed by atoms with Crippen LogP contribution in [0.5, 0.6) is 0 Å². The van der Waals surface area contributed by atoms with Crippen LogP contribution in [0.25, 0.3) is 0 Å². The van der Waals surface area contributed by atoms with E-state index in [1.54, 1.807) is 18.2 Å². The molecule has 2 N–H and O–H groups in total. The first kappa shape index (κ1) is 18.3. The zero-order valence-electron chi connectivity index (χ0n) is 13.5. The van der Waals surface area contributed by atoms with Gasteiger partial charge in [0.2, 0.25) is 0 Å². The van der Waals surface area contributed by atoms with E-state index in [9.17, 15) is 22.8 Å². The quantitative estimate of drug-likeness (QED) is 0.814. The number of carbonyl (C=O) groups is 2. The summed E-state index contributed by atoms with van der Waals surface area (Å²) in [5.74, 6) is -1.26. The third kappa shape index (κ3) is 4.96. The maximum Gasteiger partial charge on any atom is 0.435 e. The molecule has 2 amide bonds. The molecule has 2 aromatic rings. The number of hydrazine groups is 1. The fourth-order valence-electron chi connectivity index (χ4n) is 1.91. The Morgan fingerprint density at radius 2 is 1.92 bits per heavy atom. The van der Waals surface area contributed by atoms with Crippen molar-refractivity contribution in [2.45, 2.75) is 12.7 Å². The van der Waals surface area contributed by atoms with Crippen molar-refractivity contribution in [2.75, 3.05) is 19.0 Å². The summed E-state index contributed by atoms with van der Waals surface area (Å²) < 4.78 is 38.1. The number of nitrogens with zero attached hydrogens (tertiary/aromatic N) is 3. The van der Waals surface area contributed by atoms with Gasteiger partial charge >= 0.3 is 6.18 Å². The Morgan fingerprint density at radius 3 is 2.52 bits per heavy atom. The fourth-order valence-corrected chi connectivity index (χ4v) is 1.91. The summed E-state index contributed by atoms with van der Waals surface area (Å²) in [6, 6.07) is 7.46. The van der Waals surface area contributed by atoms with Gasteiger partial charge in [-0.05, 0) is 24.3 Å². The molecule has 1 aromatic carbocycles. The van der Waals surface area contributed by atoms with Crippen LogP contribution in [-0.4, -0.2) is 35.7 Å². The third-order valence-electron chi connectivity index (χ3n) is 3.18. The number of halogens is 3. The number of hydrogen-bond donors (Lipinski definition) is 2. The Kier molecular flexibility index (Phi) is 5.30. The standard InChI is InChI=1S/C15H16F3N5O2/c1-22(2)11-5-3-4-10(8-11)14(25)20-19-13(24)9-23-7-6-12(21-23)15(16,17)18/h3-8H,9H2,1-2H3,(H,19,24)(H,20,25). The summed E-state index contributed by atoms with van der Waals surface area (Å²) in [4.78, 5) is 25.5. The normalized spacial score (nSPS) is 11.1. The molecule has 10 heteroatoms. The molecule has 0 aliphatic heterocycles. The topological polar surface area (TPSA) is 79.3 Å². The fraction of sp³-hybridized carbons (Fsp3) is 0.267. The number of amides is 2. The second-order valence-corrected chi connectivity index (χ2v) is 5.34. The van der Waals surface area contributed by atoms with Crippen molar-refractivity contribution >= 4 is 17.5 Å². The van der Waals surface area contributed by atoms with Crippen LogP contribution in [0.2, 0.25) is 0 Å². The minimum Gasteiger partial charge on any atom is -0.378 e. The number of rotatable bonds is 4. The summed E-state index contributed by atoms with van der Waals surface area (Å²) in [6.07, 6.45) is -3.54. The van der Waals surface area contributed by atoms with Crippen molar-refractivity contribution in [1.29, 1.82) is 0 Å². The Bertz CT molecular complexity index is 771. The minimum absolute atomic E-state index is 0.324. The van der Waals surface area contributed by atoms with Crippen LogP contribution in [0, 0.1) is 0 Å². The van der Waals surface area contributed by atoms with E-state index in [1.807, 2.05) is 25.1 Å². The largest absolute Gasteiger partial charge is 0.435 e. The van der Waals surface area contributed by atoms with Gasteiger partial charge in [0.15, 0.2) is 5.69 Å². The van der Waals surface area contributed by atoms with Gasteiger partial charge in [-0.15, -0.1) is 0 Å². The van der Waals surface area contributed by atoms with E-state index in [4.69, 9.17) is 0 Å². The highest BCUT2D eigenvalue weighted by atomic mass is 19.4. The molecule has 0 atom stereocenters. The number of anilines is 1. The molecule has 0 saturated carbocycles. The predicted molar refractivity (Wildman–Crippen MR) is 83.6 cm³/mol. The number of benzene rings is 1. The zero-order valence-corrected chi connectivity index (χ0v) is 13.5. The molecular formula is C15H16F3N5O2. The molecule has 7 nitrogen and oxygen atoms in total. The van der Waals surface area contributed by atoms with Gasteiger partial charge in [0, 0.05) is 31.5 Å². The van der Waals surface area contributed by atoms with Crippen molar-refractivity contribution in [3.63, 3.8) is 0 Å². The van der Waals surface area contributed by atoms with Crippen molar-refractivity contribution < 1.29 is 22.8 Å². The van der Waals surface area contributed by atoms with Gasteiger partial charge in [-0.25, -0.2) is 0 Å². The Hall–Kier alpha value is -3.04. The monoisotopic (exact) mass is 355 g/mol. The molecule has 0 aliphatic carbocycles. The molecule has 25 heavy (non-hydrogen) atoms. The molecule has 0 unspecified atom stereocenters. The molecule has 0 fully saturated rings.